The van der Waals surface area contributed by atoms with Crippen molar-refractivity contribution in [2.75, 3.05) is 0 Å². The summed E-state index contributed by atoms with van der Waals surface area (Å²) in [4.78, 5) is 0. The second-order valence-electron chi connectivity index (χ2n) is 7.74. The second-order valence-corrected chi connectivity index (χ2v) is 8.65. The first-order valence-corrected chi connectivity index (χ1v) is 8.97. The average Bonchev–Trinajstić information content (AvgIpc) is 2.84. The molecule has 0 aromatic heterocycles. The molecular formula is C20H26BrNO. The van der Waals surface area contributed by atoms with E-state index in [0.717, 1.165) is 35.4 Å². The number of hydrogen-bond donors (Lipinski definition) is 0. The summed E-state index contributed by atoms with van der Waals surface area (Å²) in [5, 5.41) is 7.32. The van der Waals surface area contributed by atoms with Crippen molar-refractivity contribution in [2.24, 2.45) is 11.3 Å². The van der Waals surface area contributed by atoms with Crippen LogP contribution < -0.4 is 4.74 Å². The highest BCUT2D eigenvalue weighted by atomic mass is 79.9. The van der Waals surface area contributed by atoms with Crippen LogP contribution in [0.15, 0.2) is 29.3 Å². The van der Waals surface area contributed by atoms with Crippen LogP contribution >= 0.6 is 15.9 Å². The highest BCUT2D eigenvalue weighted by Gasteiger charge is 2.47. The maximum absolute atomic E-state index is 7.32. The van der Waals surface area contributed by atoms with Gasteiger partial charge in [0.25, 0.3) is 0 Å². The predicted molar refractivity (Wildman–Crippen MR) is 99.2 cm³/mol. The van der Waals surface area contributed by atoms with E-state index in [1.54, 1.807) is 6.07 Å². The number of ether oxygens (including phenoxy) is 1. The molecule has 2 aliphatic rings. The van der Waals surface area contributed by atoms with Crippen molar-refractivity contribution in [1.29, 1.82) is 5.26 Å². The maximum atomic E-state index is 7.32. The van der Waals surface area contributed by atoms with E-state index in [4.69, 9.17) is 10.00 Å². The molecule has 124 valence electrons. The molecule has 1 aromatic carbocycles. The molecule has 0 N–H and O–H groups in total. The van der Waals surface area contributed by atoms with Crippen molar-refractivity contribution in [3.63, 3.8) is 0 Å². The Morgan fingerprint density at radius 3 is 2.61 bits per heavy atom. The first kappa shape index (κ1) is 18.1. The van der Waals surface area contributed by atoms with E-state index in [1.807, 2.05) is 0 Å². The summed E-state index contributed by atoms with van der Waals surface area (Å²) in [5.41, 5.74) is 2.76. The zero-order valence-electron chi connectivity index (χ0n) is 14.6. The lowest BCUT2D eigenvalue weighted by molar-refractivity contribution is 0.0617. The Hall–Kier alpha value is -1.27. The fraction of sp³-hybridized carbons (Fsp3) is 0.550. The lowest BCUT2D eigenvalue weighted by Crippen LogP contribution is -2.37. The molecular weight excluding hydrogens is 350 g/mol. The number of benzene rings is 1. The summed E-state index contributed by atoms with van der Waals surface area (Å²) >= 11 is 3.53. The smallest absolute Gasteiger partial charge is 0.127 e. The number of rotatable bonds is 0. The Kier molecular flexibility index (Phi) is 5.26. The quantitative estimate of drug-likeness (QED) is 0.528. The van der Waals surface area contributed by atoms with Crippen molar-refractivity contribution in [3.05, 3.63) is 34.8 Å². The van der Waals surface area contributed by atoms with E-state index in [0.29, 0.717) is 5.41 Å². The summed E-state index contributed by atoms with van der Waals surface area (Å²) < 4.78 is 7.54. The van der Waals surface area contributed by atoms with Crippen LogP contribution in [0.2, 0.25) is 0 Å². The van der Waals surface area contributed by atoms with Gasteiger partial charge in [0.1, 0.15) is 11.4 Å². The molecule has 23 heavy (non-hydrogen) atoms. The molecule has 2 nitrogen and oxygen atoms in total. The van der Waals surface area contributed by atoms with Gasteiger partial charge in [-0.25, -0.2) is 0 Å². The van der Waals surface area contributed by atoms with E-state index >= 15 is 0 Å². The van der Waals surface area contributed by atoms with Gasteiger partial charge in [-0.1, -0.05) is 43.3 Å². The summed E-state index contributed by atoms with van der Waals surface area (Å²) in [5.74, 6) is 1.76. The molecule has 1 heterocycles. The molecule has 0 bridgehead atoms. The number of fused-ring (bicyclic) bond motifs is 1. The molecule has 0 radical (unpaired) electrons. The van der Waals surface area contributed by atoms with E-state index in [9.17, 15) is 0 Å². The van der Waals surface area contributed by atoms with Crippen molar-refractivity contribution in [2.45, 2.75) is 59.0 Å². The topological polar surface area (TPSA) is 33.0 Å². The predicted octanol–water partition coefficient (Wildman–Crippen LogP) is 6.36. The van der Waals surface area contributed by atoms with Gasteiger partial charge in [0.2, 0.25) is 0 Å². The molecule has 2 atom stereocenters. The van der Waals surface area contributed by atoms with Gasteiger partial charge in [0.05, 0.1) is 6.07 Å². The molecule has 1 saturated carbocycles. The van der Waals surface area contributed by atoms with Crippen LogP contribution in [0.25, 0.3) is 5.57 Å². The van der Waals surface area contributed by atoms with Crippen LogP contribution in [0.5, 0.6) is 5.75 Å². The molecule has 1 fully saturated rings. The first-order chi connectivity index (χ1) is 10.7. The Morgan fingerprint density at radius 1 is 1.39 bits per heavy atom. The van der Waals surface area contributed by atoms with E-state index in [-0.39, 0.29) is 5.60 Å². The minimum absolute atomic E-state index is 0.00411. The largest absolute Gasteiger partial charge is 0.486 e. The summed E-state index contributed by atoms with van der Waals surface area (Å²) in [6.07, 6.45) is 4.56. The number of hydrogen-bond acceptors (Lipinski definition) is 2. The van der Waals surface area contributed by atoms with Gasteiger partial charge < -0.3 is 4.74 Å². The fourth-order valence-corrected chi connectivity index (χ4v) is 4.06. The molecule has 1 aromatic rings. The van der Waals surface area contributed by atoms with E-state index in [1.165, 1.54) is 24.5 Å². The Balaban J connectivity index is 0.000000595. The van der Waals surface area contributed by atoms with Gasteiger partial charge in [-0.05, 0) is 54.4 Å². The summed E-state index contributed by atoms with van der Waals surface area (Å²) in [7, 11) is 0. The standard InChI is InChI=1S/C18H23BrO.C2H3N/c1-12-10-18(8-7-13(11-18)17(2,3)4)20-16-6-5-14(19)9-15(12)16;1-2-3/h5-6,9,13H,1,7-8,10-11H2,2-4H3;1H3. The van der Waals surface area contributed by atoms with Crippen molar-refractivity contribution < 1.29 is 4.74 Å². The normalized spacial score (nSPS) is 25.9. The lowest BCUT2D eigenvalue weighted by Gasteiger charge is -2.38. The second kappa shape index (κ2) is 6.69. The highest BCUT2D eigenvalue weighted by molar-refractivity contribution is 9.10. The third kappa shape index (κ3) is 3.98. The van der Waals surface area contributed by atoms with Gasteiger partial charge in [0.15, 0.2) is 0 Å². The zero-order valence-corrected chi connectivity index (χ0v) is 16.2. The van der Waals surface area contributed by atoms with Crippen LogP contribution in [-0.4, -0.2) is 5.60 Å². The van der Waals surface area contributed by atoms with Crippen LogP contribution in [0.4, 0.5) is 0 Å². The SMILES string of the molecule is C=C1CC2(CCC(C(C)(C)C)C2)Oc2ccc(Br)cc21.CC#N. The summed E-state index contributed by atoms with van der Waals surface area (Å²) in [6.45, 7) is 12.8. The average molecular weight is 376 g/mol. The van der Waals surface area contributed by atoms with Gasteiger partial charge in [-0.3, -0.25) is 0 Å². The monoisotopic (exact) mass is 375 g/mol. The minimum Gasteiger partial charge on any atom is -0.486 e. The molecule has 0 amide bonds. The molecule has 2 unspecified atom stereocenters. The minimum atomic E-state index is -0.00411. The molecule has 1 spiro atoms. The van der Waals surface area contributed by atoms with Crippen LogP contribution in [-0.2, 0) is 0 Å². The number of nitriles is 1. The third-order valence-electron chi connectivity index (χ3n) is 4.98. The molecule has 3 heteroatoms. The highest BCUT2D eigenvalue weighted by Crippen LogP contribution is 2.52. The Morgan fingerprint density at radius 2 is 2.04 bits per heavy atom. The number of nitrogens with zero attached hydrogens (tertiary/aromatic N) is 1. The van der Waals surface area contributed by atoms with Gasteiger partial charge >= 0.3 is 0 Å². The first-order valence-electron chi connectivity index (χ1n) is 8.18. The van der Waals surface area contributed by atoms with Crippen LogP contribution in [0, 0.1) is 22.7 Å². The molecule has 1 aliphatic carbocycles. The Labute approximate surface area is 148 Å². The molecule has 3 rings (SSSR count). The van der Waals surface area contributed by atoms with Gasteiger partial charge in [-0.2, -0.15) is 5.26 Å². The van der Waals surface area contributed by atoms with E-state index < -0.39 is 0 Å². The number of halogens is 1. The van der Waals surface area contributed by atoms with Crippen LogP contribution in [0.3, 0.4) is 0 Å². The third-order valence-corrected chi connectivity index (χ3v) is 5.47. The molecule has 1 aliphatic heterocycles. The van der Waals surface area contributed by atoms with Crippen molar-refractivity contribution in [3.8, 4) is 11.8 Å². The van der Waals surface area contributed by atoms with Crippen molar-refractivity contribution >= 4 is 21.5 Å². The van der Waals surface area contributed by atoms with Crippen molar-refractivity contribution in [1.82, 2.24) is 0 Å². The maximum Gasteiger partial charge on any atom is 0.127 e. The van der Waals surface area contributed by atoms with Gasteiger partial charge in [-0.15, -0.1) is 0 Å². The lowest BCUT2D eigenvalue weighted by atomic mass is 9.77. The Bertz CT molecular complexity index is 638. The van der Waals surface area contributed by atoms with Crippen LogP contribution in [0.1, 0.15) is 58.9 Å². The fourth-order valence-electron chi connectivity index (χ4n) is 3.70. The van der Waals surface area contributed by atoms with E-state index in [2.05, 4.69) is 61.5 Å². The van der Waals surface area contributed by atoms with Gasteiger partial charge in [0, 0.05) is 23.4 Å². The summed E-state index contributed by atoms with van der Waals surface area (Å²) in [6, 6.07) is 8.01. The zero-order chi connectivity index (χ0) is 17.3. The molecule has 0 saturated heterocycles.